The molecule has 2 amide bonds. The van der Waals surface area contributed by atoms with Gasteiger partial charge in [0.25, 0.3) is 0 Å². The lowest BCUT2D eigenvalue weighted by Crippen LogP contribution is -2.41. The lowest BCUT2D eigenvalue weighted by Gasteiger charge is -2.15. The minimum atomic E-state index is -0.177. The van der Waals surface area contributed by atoms with Gasteiger partial charge in [0.1, 0.15) is 0 Å². The van der Waals surface area contributed by atoms with Gasteiger partial charge in [0.15, 0.2) is 0 Å². The Labute approximate surface area is 96.6 Å². The molecule has 0 saturated carbocycles. The molecule has 5 nitrogen and oxygen atoms in total. The third kappa shape index (κ3) is 7.83. The molecule has 90 valence electrons. The van der Waals surface area contributed by atoms with Crippen LogP contribution in [0.15, 0.2) is 0 Å². The van der Waals surface area contributed by atoms with Gasteiger partial charge in [-0.2, -0.15) is 0 Å². The second-order valence-corrected chi connectivity index (χ2v) is 3.50. The zero-order valence-electron chi connectivity index (χ0n) is 9.88. The Bertz CT molecular complexity index is 271. The fraction of sp³-hybridized carbons (Fsp3) is 0.636. The molecule has 0 aliphatic heterocycles. The van der Waals surface area contributed by atoms with E-state index in [0.29, 0.717) is 6.54 Å². The molecular formula is C11H19N3O2. The van der Waals surface area contributed by atoms with Crippen LogP contribution in [0.4, 0.5) is 0 Å². The number of terminal acetylenes is 1. The molecule has 0 fully saturated rings. The van der Waals surface area contributed by atoms with Crippen LogP contribution in [0.1, 0.15) is 13.3 Å². The molecule has 0 aromatic carbocycles. The number of carbonyl (C=O) groups is 2. The quantitative estimate of drug-likeness (QED) is 0.557. The average Bonchev–Trinajstić information content (AvgIpc) is 2.23. The van der Waals surface area contributed by atoms with Crippen LogP contribution in [-0.2, 0) is 9.59 Å². The molecule has 16 heavy (non-hydrogen) atoms. The minimum Gasteiger partial charge on any atom is -0.355 e. The Hall–Kier alpha value is -1.54. The summed E-state index contributed by atoms with van der Waals surface area (Å²) in [6, 6.07) is 0. The summed E-state index contributed by atoms with van der Waals surface area (Å²) >= 11 is 0. The fourth-order valence-corrected chi connectivity index (χ4v) is 1.07. The first-order chi connectivity index (χ1) is 7.60. The van der Waals surface area contributed by atoms with Crippen LogP contribution >= 0.6 is 0 Å². The van der Waals surface area contributed by atoms with Gasteiger partial charge < -0.3 is 10.6 Å². The Kier molecular flexibility index (Phi) is 7.90. The summed E-state index contributed by atoms with van der Waals surface area (Å²) < 4.78 is 0. The molecule has 0 unspecified atom stereocenters. The second-order valence-electron chi connectivity index (χ2n) is 3.50. The van der Waals surface area contributed by atoms with Crippen molar-refractivity contribution >= 4 is 11.8 Å². The van der Waals surface area contributed by atoms with Gasteiger partial charge >= 0.3 is 0 Å². The highest BCUT2D eigenvalue weighted by molar-refractivity contribution is 5.81. The summed E-state index contributed by atoms with van der Waals surface area (Å²) in [6.07, 6.45) is 5.90. The molecule has 2 N–H and O–H groups in total. The second kappa shape index (κ2) is 8.74. The SMILES string of the molecule is C#CCNC(=O)CN(C)CC(=O)NCCC. The van der Waals surface area contributed by atoms with E-state index >= 15 is 0 Å². The summed E-state index contributed by atoms with van der Waals surface area (Å²) in [4.78, 5) is 24.2. The molecule has 0 aromatic rings. The highest BCUT2D eigenvalue weighted by Gasteiger charge is 2.09. The maximum absolute atomic E-state index is 11.3. The van der Waals surface area contributed by atoms with Gasteiger partial charge in [0.2, 0.25) is 11.8 Å². The first-order valence-corrected chi connectivity index (χ1v) is 5.25. The van der Waals surface area contributed by atoms with E-state index in [0.717, 1.165) is 6.42 Å². The van der Waals surface area contributed by atoms with E-state index in [2.05, 4.69) is 16.6 Å². The standard InChI is InChI=1S/C11H19N3O2/c1-4-6-12-10(15)8-14(3)9-11(16)13-7-5-2/h1H,5-9H2,2-3H3,(H,12,15)(H,13,16). The molecule has 0 rings (SSSR count). The van der Waals surface area contributed by atoms with Gasteiger partial charge in [-0.3, -0.25) is 14.5 Å². The van der Waals surface area contributed by atoms with Crippen molar-refractivity contribution in [1.29, 1.82) is 0 Å². The number of rotatable bonds is 7. The Balaban J connectivity index is 3.72. The monoisotopic (exact) mass is 225 g/mol. The molecule has 0 saturated heterocycles. The van der Waals surface area contributed by atoms with Crippen LogP contribution < -0.4 is 10.6 Å². The van der Waals surface area contributed by atoms with Crippen molar-refractivity contribution in [3.63, 3.8) is 0 Å². The zero-order chi connectivity index (χ0) is 12.4. The van der Waals surface area contributed by atoms with E-state index in [-0.39, 0.29) is 31.4 Å². The van der Waals surface area contributed by atoms with E-state index in [1.807, 2.05) is 6.92 Å². The van der Waals surface area contributed by atoms with Crippen molar-refractivity contribution in [2.24, 2.45) is 0 Å². The molecule has 0 aliphatic rings. The number of nitrogens with one attached hydrogen (secondary N) is 2. The molecule has 0 radical (unpaired) electrons. The van der Waals surface area contributed by atoms with Gasteiger partial charge in [-0.25, -0.2) is 0 Å². The summed E-state index contributed by atoms with van der Waals surface area (Å²) in [5, 5.41) is 5.27. The number of carbonyl (C=O) groups excluding carboxylic acids is 2. The predicted molar refractivity (Wildman–Crippen MR) is 62.6 cm³/mol. The van der Waals surface area contributed by atoms with Crippen molar-refractivity contribution in [1.82, 2.24) is 15.5 Å². The lowest BCUT2D eigenvalue weighted by molar-refractivity contribution is -0.124. The van der Waals surface area contributed by atoms with Crippen molar-refractivity contribution in [3.8, 4) is 12.3 Å². The number of likely N-dealkylation sites (N-methyl/N-ethyl adjacent to an activating group) is 1. The molecule has 0 aliphatic carbocycles. The zero-order valence-corrected chi connectivity index (χ0v) is 9.88. The number of amides is 2. The molecule has 5 heteroatoms. The maximum Gasteiger partial charge on any atom is 0.234 e. The molecule has 0 aromatic heterocycles. The highest BCUT2D eigenvalue weighted by atomic mass is 16.2. The molecule has 0 atom stereocenters. The smallest absolute Gasteiger partial charge is 0.234 e. The van der Waals surface area contributed by atoms with Crippen molar-refractivity contribution in [2.45, 2.75) is 13.3 Å². The Morgan fingerprint density at radius 2 is 1.81 bits per heavy atom. The van der Waals surface area contributed by atoms with Gasteiger partial charge in [0.05, 0.1) is 19.6 Å². The van der Waals surface area contributed by atoms with Crippen LogP contribution in [0.5, 0.6) is 0 Å². The summed E-state index contributed by atoms with van der Waals surface area (Å²) in [5.74, 6) is 2.06. The van der Waals surface area contributed by atoms with E-state index in [4.69, 9.17) is 6.42 Å². The van der Waals surface area contributed by atoms with Gasteiger partial charge in [0, 0.05) is 6.54 Å². The van der Waals surface area contributed by atoms with E-state index in [9.17, 15) is 9.59 Å². The third-order valence-corrected chi connectivity index (χ3v) is 1.79. The predicted octanol–water partition coefficient (Wildman–Crippen LogP) is -0.806. The summed E-state index contributed by atoms with van der Waals surface area (Å²) in [5.41, 5.74) is 0. The topological polar surface area (TPSA) is 61.4 Å². The van der Waals surface area contributed by atoms with Crippen molar-refractivity contribution in [3.05, 3.63) is 0 Å². The summed E-state index contributed by atoms with van der Waals surface area (Å²) in [6.45, 7) is 3.24. The van der Waals surface area contributed by atoms with Gasteiger partial charge in [-0.05, 0) is 13.5 Å². The number of hydrogen-bond donors (Lipinski definition) is 2. The molecule has 0 heterocycles. The Morgan fingerprint density at radius 1 is 1.25 bits per heavy atom. The lowest BCUT2D eigenvalue weighted by atomic mass is 10.4. The van der Waals surface area contributed by atoms with E-state index in [1.165, 1.54) is 0 Å². The highest BCUT2D eigenvalue weighted by Crippen LogP contribution is 1.82. The van der Waals surface area contributed by atoms with Crippen LogP contribution in [0.3, 0.4) is 0 Å². The van der Waals surface area contributed by atoms with Crippen molar-refractivity contribution in [2.75, 3.05) is 33.2 Å². The average molecular weight is 225 g/mol. The minimum absolute atomic E-state index is 0.0749. The Morgan fingerprint density at radius 3 is 2.31 bits per heavy atom. The normalized spacial score (nSPS) is 9.62. The maximum atomic E-state index is 11.3. The van der Waals surface area contributed by atoms with Crippen LogP contribution in [-0.4, -0.2) is 49.9 Å². The molecule has 0 spiro atoms. The summed E-state index contributed by atoms with van der Waals surface area (Å²) in [7, 11) is 1.71. The van der Waals surface area contributed by atoms with Crippen molar-refractivity contribution < 1.29 is 9.59 Å². The van der Waals surface area contributed by atoms with Crippen LogP contribution in [0.2, 0.25) is 0 Å². The van der Waals surface area contributed by atoms with E-state index < -0.39 is 0 Å². The first-order valence-electron chi connectivity index (χ1n) is 5.25. The van der Waals surface area contributed by atoms with E-state index in [1.54, 1.807) is 11.9 Å². The number of hydrogen-bond acceptors (Lipinski definition) is 3. The van der Waals surface area contributed by atoms with Crippen LogP contribution in [0.25, 0.3) is 0 Å². The largest absolute Gasteiger partial charge is 0.355 e. The van der Waals surface area contributed by atoms with Gasteiger partial charge in [-0.15, -0.1) is 6.42 Å². The fourth-order valence-electron chi connectivity index (χ4n) is 1.07. The third-order valence-electron chi connectivity index (χ3n) is 1.79. The van der Waals surface area contributed by atoms with Gasteiger partial charge in [-0.1, -0.05) is 12.8 Å². The van der Waals surface area contributed by atoms with Crippen LogP contribution in [0, 0.1) is 12.3 Å². The first kappa shape index (κ1) is 14.5. The number of nitrogens with zero attached hydrogens (tertiary/aromatic N) is 1. The molecular weight excluding hydrogens is 206 g/mol. The molecule has 0 bridgehead atoms.